The van der Waals surface area contributed by atoms with Crippen LogP contribution in [0.2, 0.25) is 0 Å². The normalized spacial score (nSPS) is 11.8. The lowest BCUT2D eigenvalue weighted by Crippen LogP contribution is -2.41. The van der Waals surface area contributed by atoms with Gasteiger partial charge in [-0.3, -0.25) is 0 Å². The Morgan fingerprint density at radius 2 is 2.00 bits per heavy atom. The lowest BCUT2D eigenvalue weighted by Gasteiger charge is -2.16. The zero-order chi connectivity index (χ0) is 14.7. The summed E-state index contributed by atoms with van der Waals surface area (Å²) in [6.07, 6.45) is 0. The molecule has 0 heterocycles. The lowest BCUT2D eigenvalue weighted by atomic mass is 10.2. The average molecular weight is 331 g/mol. The van der Waals surface area contributed by atoms with Crippen molar-refractivity contribution in [3.8, 4) is 5.75 Å². The van der Waals surface area contributed by atoms with Crippen LogP contribution in [0, 0.1) is 6.92 Å². The molecule has 0 aliphatic carbocycles. The maximum atomic E-state index is 13.0. The Hall–Kier alpha value is -0.960. The number of sulfonamides is 1. The molecule has 0 aliphatic heterocycles. The van der Waals surface area contributed by atoms with E-state index in [2.05, 4.69) is 0 Å². The summed E-state index contributed by atoms with van der Waals surface area (Å²) in [5.41, 5.74) is 5.52. The molecule has 0 unspecified atom stereocenters. The lowest BCUT2D eigenvalue weighted by molar-refractivity contribution is 0.0170. The van der Waals surface area contributed by atoms with Crippen LogP contribution in [0.15, 0.2) is 23.1 Å². The topological polar surface area (TPSA) is 81.4 Å². The first-order valence-electron chi connectivity index (χ1n) is 5.44. The number of nitrogens with one attached hydrogen (secondary N) is 1. The Balaban J connectivity index is 0.00000361. The minimum atomic E-state index is -4.08. The second kappa shape index (κ2) is 7.16. The highest BCUT2D eigenvalue weighted by molar-refractivity contribution is 7.89. The summed E-state index contributed by atoms with van der Waals surface area (Å²) in [6, 6.07) is 4.47. The van der Waals surface area contributed by atoms with Crippen LogP contribution in [0.5, 0.6) is 5.75 Å². The monoisotopic (exact) mass is 330 g/mol. The molecule has 1 aromatic carbocycles. The average Bonchev–Trinajstić information content (AvgIpc) is 2.37. The zero-order valence-corrected chi connectivity index (χ0v) is 12.7. The fourth-order valence-corrected chi connectivity index (χ4v) is 2.66. The highest BCUT2D eigenvalue weighted by Gasteiger charge is 2.30. The molecule has 0 spiro atoms. The number of methoxy groups -OCH3 is 1. The van der Waals surface area contributed by atoms with Crippen LogP contribution >= 0.6 is 12.4 Å². The third-order valence-corrected chi connectivity index (χ3v) is 3.85. The fraction of sp³-hybridized carbons (Fsp3) is 0.455. The van der Waals surface area contributed by atoms with Gasteiger partial charge in [-0.15, -0.1) is 12.4 Å². The smallest absolute Gasteiger partial charge is 0.273 e. The van der Waals surface area contributed by atoms with E-state index in [-0.39, 0.29) is 23.1 Å². The van der Waals surface area contributed by atoms with E-state index in [1.807, 2.05) is 4.72 Å². The van der Waals surface area contributed by atoms with Gasteiger partial charge >= 0.3 is 0 Å². The van der Waals surface area contributed by atoms with Crippen LogP contribution in [-0.4, -0.2) is 34.5 Å². The van der Waals surface area contributed by atoms with Crippen molar-refractivity contribution in [2.45, 2.75) is 17.7 Å². The van der Waals surface area contributed by atoms with E-state index in [4.69, 9.17) is 10.5 Å². The molecule has 9 heteroatoms. The summed E-state index contributed by atoms with van der Waals surface area (Å²) in [6.45, 7) is -0.295. The second-order valence-electron chi connectivity index (χ2n) is 4.04. The van der Waals surface area contributed by atoms with E-state index in [9.17, 15) is 17.2 Å². The van der Waals surface area contributed by atoms with Crippen molar-refractivity contribution in [1.29, 1.82) is 0 Å². The molecule has 0 saturated carbocycles. The van der Waals surface area contributed by atoms with Crippen molar-refractivity contribution < 1.29 is 21.9 Å². The predicted molar refractivity (Wildman–Crippen MR) is 74.2 cm³/mol. The van der Waals surface area contributed by atoms with Crippen LogP contribution < -0.4 is 15.2 Å². The van der Waals surface area contributed by atoms with Gasteiger partial charge in [0.2, 0.25) is 10.0 Å². The molecule has 20 heavy (non-hydrogen) atoms. The molecule has 1 rings (SSSR count). The number of hydrogen-bond donors (Lipinski definition) is 2. The minimum absolute atomic E-state index is 0. The van der Waals surface area contributed by atoms with Crippen LogP contribution in [0.4, 0.5) is 8.78 Å². The van der Waals surface area contributed by atoms with E-state index in [0.717, 1.165) is 0 Å². The Labute approximate surface area is 123 Å². The van der Waals surface area contributed by atoms with Crippen LogP contribution in [-0.2, 0) is 10.0 Å². The molecule has 3 N–H and O–H groups in total. The van der Waals surface area contributed by atoms with E-state index < -0.39 is 29.0 Å². The summed E-state index contributed by atoms with van der Waals surface area (Å²) < 4.78 is 56.6. The van der Waals surface area contributed by atoms with Gasteiger partial charge in [0.25, 0.3) is 5.92 Å². The summed E-state index contributed by atoms with van der Waals surface area (Å²) in [5.74, 6) is -3.20. The van der Waals surface area contributed by atoms with E-state index in [1.54, 1.807) is 13.0 Å². The van der Waals surface area contributed by atoms with E-state index in [0.29, 0.717) is 5.56 Å². The van der Waals surface area contributed by atoms with Gasteiger partial charge in [0.1, 0.15) is 10.6 Å². The van der Waals surface area contributed by atoms with E-state index >= 15 is 0 Å². The number of aryl methyl sites for hydroxylation is 1. The molecule has 0 saturated heterocycles. The first-order valence-corrected chi connectivity index (χ1v) is 6.92. The summed E-state index contributed by atoms with van der Waals surface area (Å²) >= 11 is 0. The first kappa shape index (κ1) is 19.0. The first-order chi connectivity index (χ1) is 8.72. The Morgan fingerprint density at radius 1 is 1.40 bits per heavy atom. The van der Waals surface area contributed by atoms with Gasteiger partial charge in [0.05, 0.1) is 20.2 Å². The number of hydrogen-bond acceptors (Lipinski definition) is 4. The van der Waals surface area contributed by atoms with Crippen molar-refractivity contribution in [3.63, 3.8) is 0 Å². The van der Waals surface area contributed by atoms with Crippen molar-refractivity contribution in [2.24, 2.45) is 5.73 Å². The van der Waals surface area contributed by atoms with Crippen molar-refractivity contribution >= 4 is 22.4 Å². The number of ether oxygens (including phenoxy) is 1. The van der Waals surface area contributed by atoms with Crippen LogP contribution in [0.25, 0.3) is 0 Å². The van der Waals surface area contributed by atoms with Gasteiger partial charge < -0.3 is 10.5 Å². The maximum Gasteiger partial charge on any atom is 0.273 e. The molecule has 0 radical (unpaired) electrons. The van der Waals surface area contributed by atoms with Crippen molar-refractivity contribution in [2.75, 3.05) is 20.2 Å². The molecule has 0 bridgehead atoms. The highest BCUT2D eigenvalue weighted by Crippen LogP contribution is 2.24. The fourth-order valence-electron chi connectivity index (χ4n) is 1.34. The molecular weight excluding hydrogens is 314 g/mol. The van der Waals surface area contributed by atoms with Gasteiger partial charge in [0, 0.05) is 0 Å². The Morgan fingerprint density at radius 3 is 2.50 bits per heavy atom. The Bertz CT molecular complexity index is 553. The van der Waals surface area contributed by atoms with Crippen molar-refractivity contribution in [3.05, 3.63) is 23.8 Å². The van der Waals surface area contributed by atoms with Crippen LogP contribution in [0.3, 0.4) is 0 Å². The van der Waals surface area contributed by atoms with Gasteiger partial charge in [-0.2, -0.15) is 0 Å². The standard InChI is InChI=1S/C11H16F2N2O3S.ClH/c1-8-3-4-9(18-2)10(5-8)19(16,17)15-7-11(12,13)6-14;/h3-5,15H,6-7,14H2,1-2H3;1H. The quantitative estimate of drug-likeness (QED) is 0.823. The van der Waals surface area contributed by atoms with Gasteiger partial charge in [-0.05, 0) is 24.6 Å². The molecule has 1 aromatic rings. The predicted octanol–water partition coefficient (Wildman–Crippen LogP) is 1.30. The molecule has 0 amide bonds. The number of nitrogens with two attached hydrogens (primary N) is 1. The maximum absolute atomic E-state index is 13.0. The molecule has 5 nitrogen and oxygen atoms in total. The number of rotatable bonds is 6. The molecule has 0 aromatic heterocycles. The Kier molecular flexibility index (Phi) is 6.82. The third-order valence-electron chi connectivity index (χ3n) is 2.43. The molecular formula is C11H17ClF2N2O3S. The molecule has 0 aliphatic rings. The highest BCUT2D eigenvalue weighted by atomic mass is 35.5. The van der Waals surface area contributed by atoms with Crippen molar-refractivity contribution in [1.82, 2.24) is 4.72 Å². The minimum Gasteiger partial charge on any atom is -0.495 e. The van der Waals surface area contributed by atoms with Gasteiger partial charge in [-0.25, -0.2) is 21.9 Å². The summed E-state index contributed by atoms with van der Waals surface area (Å²) in [7, 11) is -2.78. The van der Waals surface area contributed by atoms with E-state index in [1.165, 1.54) is 19.2 Å². The zero-order valence-electron chi connectivity index (χ0n) is 11.0. The molecule has 116 valence electrons. The summed E-state index contributed by atoms with van der Waals surface area (Å²) in [5, 5.41) is 0. The number of alkyl halides is 2. The second-order valence-corrected chi connectivity index (χ2v) is 5.77. The van der Waals surface area contributed by atoms with Gasteiger partial charge in [-0.1, -0.05) is 6.07 Å². The summed E-state index contributed by atoms with van der Waals surface area (Å²) in [4.78, 5) is -0.178. The largest absolute Gasteiger partial charge is 0.495 e. The SMILES string of the molecule is COc1ccc(C)cc1S(=O)(=O)NCC(F)(F)CN.Cl. The van der Waals surface area contributed by atoms with Crippen LogP contribution in [0.1, 0.15) is 5.56 Å². The molecule has 0 fully saturated rings. The molecule has 0 atom stereocenters. The number of benzene rings is 1. The van der Waals surface area contributed by atoms with Gasteiger partial charge in [0.15, 0.2) is 0 Å². The number of halogens is 3. The third kappa shape index (κ3) is 4.86.